The summed E-state index contributed by atoms with van der Waals surface area (Å²) < 4.78 is 5.25. The summed E-state index contributed by atoms with van der Waals surface area (Å²) >= 11 is 0. The topological polar surface area (TPSA) is 64.9 Å². The van der Waals surface area contributed by atoms with Gasteiger partial charge in [0.2, 0.25) is 0 Å². The van der Waals surface area contributed by atoms with E-state index >= 15 is 0 Å². The molecule has 0 bridgehead atoms. The van der Waals surface area contributed by atoms with Crippen molar-refractivity contribution >= 4 is 0 Å². The van der Waals surface area contributed by atoms with E-state index in [1.165, 1.54) is 30.7 Å². The van der Waals surface area contributed by atoms with Gasteiger partial charge in [-0.25, -0.2) is 4.98 Å². The lowest BCUT2D eigenvalue weighted by molar-refractivity contribution is 0.240. The molecule has 0 radical (unpaired) electrons. The number of rotatable bonds is 4. The van der Waals surface area contributed by atoms with Gasteiger partial charge in [0.1, 0.15) is 17.6 Å². The van der Waals surface area contributed by atoms with Crippen LogP contribution in [0.15, 0.2) is 18.2 Å². The minimum absolute atomic E-state index is 0.359. The Kier molecular flexibility index (Phi) is 4.46. The van der Waals surface area contributed by atoms with Gasteiger partial charge in [0.25, 0.3) is 0 Å². The number of imidazole rings is 1. The number of methoxy groups -OCH3 is 1. The maximum Gasteiger partial charge on any atom is 0.136 e. The Morgan fingerprint density at radius 1 is 1.32 bits per heavy atom. The molecule has 0 amide bonds. The lowest BCUT2D eigenvalue weighted by atomic mass is 10.0. The largest absolute Gasteiger partial charge is 0.495 e. The van der Waals surface area contributed by atoms with Gasteiger partial charge in [-0.1, -0.05) is 6.07 Å². The molecule has 0 spiro atoms. The van der Waals surface area contributed by atoms with Crippen LogP contribution >= 0.6 is 0 Å². The molecule has 2 aliphatic rings. The fourth-order valence-corrected chi connectivity index (χ4v) is 4.13. The van der Waals surface area contributed by atoms with Gasteiger partial charge in [-0.2, -0.15) is 5.26 Å². The first-order valence-electron chi connectivity index (χ1n) is 9.17. The molecule has 1 aromatic heterocycles. The molecule has 4 rings (SSSR count). The monoisotopic (exact) mass is 336 g/mol. The Bertz CT molecular complexity index is 781. The number of nitrogens with one attached hydrogen (secondary N) is 1. The van der Waals surface area contributed by atoms with Crippen LogP contribution in [0.1, 0.15) is 60.1 Å². The number of ether oxygens (including phenoxy) is 1. The second-order valence-electron chi connectivity index (χ2n) is 7.03. The first-order valence-corrected chi connectivity index (χ1v) is 9.17. The van der Waals surface area contributed by atoms with E-state index in [0.29, 0.717) is 17.4 Å². The molecular formula is C20H24N4O. The summed E-state index contributed by atoms with van der Waals surface area (Å²) in [6.45, 7) is 1.92. The van der Waals surface area contributed by atoms with E-state index in [2.05, 4.69) is 22.0 Å². The van der Waals surface area contributed by atoms with E-state index in [1.54, 1.807) is 7.11 Å². The fraction of sp³-hybridized carbons (Fsp3) is 0.500. The number of benzene rings is 1. The van der Waals surface area contributed by atoms with Crippen LogP contribution in [0.4, 0.5) is 0 Å². The molecule has 1 aliphatic carbocycles. The Morgan fingerprint density at radius 3 is 3.00 bits per heavy atom. The van der Waals surface area contributed by atoms with E-state index in [9.17, 15) is 5.26 Å². The number of hydrogen-bond donors (Lipinski definition) is 1. The van der Waals surface area contributed by atoms with Gasteiger partial charge < -0.3 is 9.72 Å². The zero-order chi connectivity index (χ0) is 17.2. The SMILES string of the molecule is COc1ccc(CN2CCC[C@@H]2c2nc3c([nH]2)CCCC3)cc1C#N. The molecule has 2 aromatic rings. The van der Waals surface area contributed by atoms with E-state index < -0.39 is 0 Å². The van der Waals surface area contributed by atoms with E-state index in [0.717, 1.165) is 43.7 Å². The van der Waals surface area contributed by atoms with Gasteiger partial charge in [-0.05, 0) is 62.8 Å². The number of H-pyrrole nitrogens is 1. The first-order chi connectivity index (χ1) is 12.3. The van der Waals surface area contributed by atoms with Crippen LogP contribution in [0.3, 0.4) is 0 Å². The third kappa shape index (κ3) is 3.14. The molecule has 1 atom stereocenters. The van der Waals surface area contributed by atoms with Gasteiger partial charge in [0.05, 0.1) is 24.4 Å². The number of nitriles is 1. The third-order valence-corrected chi connectivity index (χ3v) is 5.42. The highest BCUT2D eigenvalue weighted by Gasteiger charge is 2.29. The minimum Gasteiger partial charge on any atom is -0.495 e. The number of aromatic nitrogens is 2. The molecule has 1 saturated heterocycles. The quantitative estimate of drug-likeness (QED) is 0.928. The average Bonchev–Trinajstić information content (AvgIpc) is 3.27. The minimum atomic E-state index is 0.359. The summed E-state index contributed by atoms with van der Waals surface area (Å²) in [6, 6.07) is 8.48. The maximum absolute atomic E-state index is 9.30. The average molecular weight is 336 g/mol. The Balaban J connectivity index is 1.54. The van der Waals surface area contributed by atoms with Crippen molar-refractivity contribution < 1.29 is 4.74 Å². The van der Waals surface area contributed by atoms with E-state index in [1.807, 2.05) is 12.1 Å². The highest BCUT2D eigenvalue weighted by molar-refractivity contribution is 5.45. The lowest BCUT2D eigenvalue weighted by Crippen LogP contribution is -2.23. The van der Waals surface area contributed by atoms with E-state index in [4.69, 9.17) is 9.72 Å². The number of hydrogen-bond acceptors (Lipinski definition) is 4. The zero-order valence-electron chi connectivity index (χ0n) is 14.7. The molecule has 130 valence electrons. The van der Waals surface area contributed by atoms with Crippen LogP contribution in [0.25, 0.3) is 0 Å². The van der Waals surface area contributed by atoms with Gasteiger partial charge in [0, 0.05) is 12.2 Å². The van der Waals surface area contributed by atoms with Gasteiger partial charge in [-0.3, -0.25) is 4.90 Å². The summed E-state index contributed by atoms with van der Waals surface area (Å²) in [5, 5.41) is 9.30. The Labute approximate surface area is 148 Å². The third-order valence-electron chi connectivity index (χ3n) is 5.42. The van der Waals surface area contributed by atoms with Crippen molar-refractivity contribution in [2.45, 2.75) is 51.1 Å². The van der Waals surface area contributed by atoms with Crippen molar-refractivity contribution in [1.29, 1.82) is 5.26 Å². The summed E-state index contributed by atoms with van der Waals surface area (Å²) in [4.78, 5) is 11.0. The zero-order valence-corrected chi connectivity index (χ0v) is 14.7. The Hall–Kier alpha value is -2.32. The fourth-order valence-electron chi connectivity index (χ4n) is 4.13. The second kappa shape index (κ2) is 6.89. The Morgan fingerprint density at radius 2 is 2.20 bits per heavy atom. The molecule has 5 nitrogen and oxygen atoms in total. The lowest BCUT2D eigenvalue weighted by Gasteiger charge is -2.23. The summed E-state index contributed by atoms with van der Waals surface area (Å²) in [5.41, 5.74) is 4.39. The molecule has 1 aliphatic heterocycles. The molecular weight excluding hydrogens is 312 g/mol. The van der Waals surface area contributed by atoms with Crippen LogP contribution in [-0.2, 0) is 19.4 Å². The second-order valence-corrected chi connectivity index (χ2v) is 7.03. The first kappa shape index (κ1) is 16.2. The van der Waals surface area contributed by atoms with Crippen molar-refractivity contribution in [2.24, 2.45) is 0 Å². The van der Waals surface area contributed by atoms with E-state index in [-0.39, 0.29) is 0 Å². The van der Waals surface area contributed by atoms with Crippen molar-refractivity contribution in [3.8, 4) is 11.8 Å². The van der Waals surface area contributed by atoms with Crippen LogP contribution in [0.5, 0.6) is 5.75 Å². The van der Waals surface area contributed by atoms with Crippen molar-refractivity contribution in [2.75, 3.05) is 13.7 Å². The predicted molar refractivity (Wildman–Crippen MR) is 95.3 cm³/mol. The molecule has 1 fully saturated rings. The summed E-state index contributed by atoms with van der Waals surface area (Å²) in [5.74, 6) is 1.78. The number of fused-ring (bicyclic) bond motifs is 1. The predicted octanol–water partition coefficient (Wildman–Crippen LogP) is 3.51. The van der Waals surface area contributed by atoms with Gasteiger partial charge in [0.15, 0.2) is 0 Å². The van der Waals surface area contributed by atoms with Crippen LogP contribution < -0.4 is 4.74 Å². The van der Waals surface area contributed by atoms with Crippen LogP contribution in [0, 0.1) is 11.3 Å². The number of aromatic amines is 1. The molecule has 5 heteroatoms. The highest BCUT2D eigenvalue weighted by Crippen LogP contribution is 2.33. The summed E-state index contributed by atoms with van der Waals surface area (Å²) in [6.07, 6.45) is 7.12. The normalized spacial score (nSPS) is 20.2. The van der Waals surface area contributed by atoms with Gasteiger partial charge in [-0.15, -0.1) is 0 Å². The highest BCUT2D eigenvalue weighted by atomic mass is 16.5. The van der Waals surface area contributed by atoms with Crippen molar-refractivity contribution in [1.82, 2.24) is 14.9 Å². The molecule has 0 unspecified atom stereocenters. The standard InChI is InChI=1S/C20H24N4O/c1-25-19-9-8-14(11-15(19)12-21)13-24-10-4-7-18(24)20-22-16-5-2-3-6-17(16)23-20/h8-9,11,18H,2-7,10,13H2,1H3,(H,22,23)/t18-/m1/s1. The number of aryl methyl sites for hydroxylation is 2. The van der Waals surface area contributed by atoms with Crippen molar-refractivity contribution in [3.63, 3.8) is 0 Å². The van der Waals surface area contributed by atoms with Crippen LogP contribution in [-0.4, -0.2) is 28.5 Å². The van der Waals surface area contributed by atoms with Gasteiger partial charge >= 0.3 is 0 Å². The molecule has 0 saturated carbocycles. The summed E-state index contributed by atoms with van der Waals surface area (Å²) in [7, 11) is 1.60. The molecule has 25 heavy (non-hydrogen) atoms. The smallest absolute Gasteiger partial charge is 0.136 e. The molecule has 2 heterocycles. The number of nitrogens with zero attached hydrogens (tertiary/aromatic N) is 3. The molecule has 1 aromatic carbocycles. The van der Waals surface area contributed by atoms with Crippen molar-refractivity contribution in [3.05, 3.63) is 46.5 Å². The number of likely N-dealkylation sites (tertiary alicyclic amines) is 1. The van der Waals surface area contributed by atoms with Crippen LogP contribution in [0.2, 0.25) is 0 Å². The maximum atomic E-state index is 9.30. The molecule has 1 N–H and O–H groups in total.